The molecule has 1 saturated heterocycles. The first-order valence-electron chi connectivity index (χ1n) is 9.87. The van der Waals surface area contributed by atoms with Crippen LogP contribution in [0.15, 0.2) is 67.0 Å². The number of carbonyl (C=O) groups excluding carboxylic acids is 1. The molecule has 1 N–H and O–H groups in total. The highest BCUT2D eigenvalue weighted by Gasteiger charge is 2.42. The van der Waals surface area contributed by atoms with E-state index in [2.05, 4.69) is 39.7 Å². The largest absolute Gasteiger partial charge is 0.465 e. The van der Waals surface area contributed by atoms with Crippen LogP contribution < -0.4 is 5.32 Å². The van der Waals surface area contributed by atoms with Crippen molar-refractivity contribution in [3.05, 3.63) is 83.9 Å². The zero-order chi connectivity index (χ0) is 21.3. The minimum atomic E-state index is -0.346. The van der Waals surface area contributed by atoms with Gasteiger partial charge in [0, 0.05) is 29.8 Å². The van der Waals surface area contributed by atoms with Crippen molar-refractivity contribution in [3.8, 4) is 5.69 Å². The smallest absolute Gasteiger partial charge is 0.337 e. The molecule has 3 aromatic rings. The number of methoxy groups -OCH3 is 1. The monoisotopic (exact) mass is 420 g/mol. The summed E-state index contributed by atoms with van der Waals surface area (Å²) in [6, 6.07) is 17.6. The average Bonchev–Trinajstić information content (AvgIpc) is 3.38. The van der Waals surface area contributed by atoms with Crippen molar-refractivity contribution >= 4 is 23.3 Å². The number of hydrogen-bond donors (Lipinski definition) is 1. The van der Waals surface area contributed by atoms with Crippen LogP contribution in [0.3, 0.4) is 0 Å². The average molecular weight is 421 g/mol. The van der Waals surface area contributed by atoms with Crippen molar-refractivity contribution in [1.82, 2.24) is 19.8 Å². The van der Waals surface area contributed by atoms with Crippen molar-refractivity contribution in [2.75, 3.05) is 7.11 Å². The molecule has 0 saturated carbocycles. The second-order valence-electron chi connectivity index (χ2n) is 7.47. The molecule has 1 aliphatic heterocycles. The van der Waals surface area contributed by atoms with Gasteiger partial charge in [-0.15, -0.1) is 0 Å². The summed E-state index contributed by atoms with van der Waals surface area (Å²) in [6.07, 6.45) is 3.83. The number of aromatic nitrogens is 2. The van der Waals surface area contributed by atoms with Gasteiger partial charge in [-0.05, 0) is 74.6 Å². The number of ether oxygens (including phenoxy) is 1. The first kappa shape index (κ1) is 20.1. The second kappa shape index (κ2) is 8.28. The van der Waals surface area contributed by atoms with Crippen molar-refractivity contribution in [2.24, 2.45) is 0 Å². The molecule has 3 heterocycles. The van der Waals surface area contributed by atoms with E-state index in [1.165, 1.54) is 7.11 Å². The standard InChI is InChI=1S/C23H24N4O2S/c1-15(2)27-21(20(25-23(27)30)18-7-4-5-13-24-18)19-8-6-14-26(19)17-11-9-16(10-12-17)22(28)29-3/h4-15,20-21H,1-3H3,(H,25,30)/t20-,21-/m1/s1. The third-order valence-electron chi connectivity index (χ3n) is 5.34. The Balaban J connectivity index is 1.77. The molecule has 154 valence electrons. The van der Waals surface area contributed by atoms with Gasteiger partial charge >= 0.3 is 5.97 Å². The van der Waals surface area contributed by atoms with Gasteiger partial charge in [-0.25, -0.2) is 4.79 Å². The maximum atomic E-state index is 11.8. The van der Waals surface area contributed by atoms with Gasteiger partial charge in [-0.2, -0.15) is 0 Å². The van der Waals surface area contributed by atoms with E-state index in [1.807, 2.05) is 42.6 Å². The van der Waals surface area contributed by atoms with Gasteiger partial charge in [-0.3, -0.25) is 4.98 Å². The number of pyridine rings is 1. The molecule has 0 amide bonds. The van der Waals surface area contributed by atoms with E-state index in [0.717, 1.165) is 22.2 Å². The molecule has 0 unspecified atom stereocenters. The van der Waals surface area contributed by atoms with Gasteiger partial charge < -0.3 is 19.5 Å². The third-order valence-corrected chi connectivity index (χ3v) is 5.67. The van der Waals surface area contributed by atoms with E-state index in [1.54, 1.807) is 18.3 Å². The Bertz CT molecular complexity index is 1050. The number of nitrogens with one attached hydrogen (secondary N) is 1. The number of hydrogen-bond acceptors (Lipinski definition) is 4. The number of nitrogens with zero attached hydrogens (tertiary/aromatic N) is 3. The third kappa shape index (κ3) is 3.57. The Hall–Kier alpha value is -3.19. The number of thiocarbonyl (C=S) groups is 1. The minimum Gasteiger partial charge on any atom is -0.465 e. The Morgan fingerprint density at radius 1 is 1.13 bits per heavy atom. The highest BCUT2D eigenvalue weighted by Crippen LogP contribution is 2.40. The van der Waals surface area contributed by atoms with Crippen LogP contribution in [0, 0.1) is 0 Å². The van der Waals surface area contributed by atoms with Crippen molar-refractivity contribution in [3.63, 3.8) is 0 Å². The lowest BCUT2D eigenvalue weighted by Gasteiger charge is -2.31. The quantitative estimate of drug-likeness (QED) is 0.497. The van der Waals surface area contributed by atoms with Gasteiger partial charge in [0.2, 0.25) is 0 Å². The summed E-state index contributed by atoms with van der Waals surface area (Å²) in [4.78, 5) is 18.6. The Labute approximate surface area is 181 Å². The molecule has 7 heteroatoms. The molecular formula is C23H24N4O2S. The Morgan fingerprint density at radius 3 is 2.53 bits per heavy atom. The van der Waals surface area contributed by atoms with Crippen LogP contribution in [0.25, 0.3) is 5.69 Å². The first-order chi connectivity index (χ1) is 14.5. The summed E-state index contributed by atoms with van der Waals surface area (Å²) in [5.74, 6) is -0.346. The molecule has 0 radical (unpaired) electrons. The number of carbonyl (C=O) groups is 1. The van der Waals surface area contributed by atoms with Gasteiger partial charge in [0.05, 0.1) is 30.5 Å². The van der Waals surface area contributed by atoms with Crippen LogP contribution in [-0.4, -0.2) is 38.7 Å². The van der Waals surface area contributed by atoms with Crippen LogP contribution in [0.4, 0.5) is 0 Å². The molecule has 6 nitrogen and oxygen atoms in total. The zero-order valence-electron chi connectivity index (χ0n) is 17.1. The van der Waals surface area contributed by atoms with Gasteiger partial charge in [0.1, 0.15) is 0 Å². The van der Waals surface area contributed by atoms with E-state index >= 15 is 0 Å². The summed E-state index contributed by atoms with van der Waals surface area (Å²) in [5, 5.41) is 4.19. The van der Waals surface area contributed by atoms with Crippen LogP contribution in [0.5, 0.6) is 0 Å². The molecule has 30 heavy (non-hydrogen) atoms. The maximum absolute atomic E-state index is 11.8. The van der Waals surface area contributed by atoms with E-state index in [0.29, 0.717) is 5.56 Å². The molecule has 1 aliphatic rings. The van der Waals surface area contributed by atoms with Crippen molar-refractivity contribution in [1.29, 1.82) is 0 Å². The molecule has 0 spiro atoms. The minimum absolute atomic E-state index is 0.0253. The maximum Gasteiger partial charge on any atom is 0.337 e. The van der Waals surface area contributed by atoms with Gasteiger partial charge in [-0.1, -0.05) is 6.07 Å². The molecule has 1 fully saturated rings. The van der Waals surface area contributed by atoms with Gasteiger partial charge in [0.15, 0.2) is 5.11 Å². The second-order valence-corrected chi connectivity index (χ2v) is 7.86. The lowest BCUT2D eigenvalue weighted by Crippen LogP contribution is -2.36. The van der Waals surface area contributed by atoms with Crippen LogP contribution in [-0.2, 0) is 4.74 Å². The normalized spacial score (nSPS) is 18.5. The molecule has 2 atom stereocenters. The van der Waals surface area contributed by atoms with Gasteiger partial charge in [0.25, 0.3) is 0 Å². The van der Waals surface area contributed by atoms with Crippen LogP contribution in [0.2, 0.25) is 0 Å². The van der Waals surface area contributed by atoms with Crippen LogP contribution in [0.1, 0.15) is 47.7 Å². The zero-order valence-corrected chi connectivity index (χ0v) is 18.0. The van der Waals surface area contributed by atoms with E-state index in [9.17, 15) is 4.79 Å². The summed E-state index contributed by atoms with van der Waals surface area (Å²) in [7, 11) is 1.38. The summed E-state index contributed by atoms with van der Waals surface area (Å²) in [6.45, 7) is 4.28. The first-order valence-corrected chi connectivity index (χ1v) is 10.3. The van der Waals surface area contributed by atoms with Crippen LogP contribution >= 0.6 is 12.2 Å². The lowest BCUT2D eigenvalue weighted by molar-refractivity contribution is 0.0600. The molecule has 0 bridgehead atoms. The molecule has 4 rings (SSSR count). The van der Waals surface area contributed by atoms with Crippen molar-refractivity contribution in [2.45, 2.75) is 32.0 Å². The lowest BCUT2D eigenvalue weighted by atomic mass is 10.0. The fraction of sp³-hybridized carbons (Fsp3) is 0.261. The molecule has 1 aromatic carbocycles. The topological polar surface area (TPSA) is 59.4 Å². The fourth-order valence-corrected chi connectivity index (χ4v) is 4.44. The predicted octanol–water partition coefficient (Wildman–Crippen LogP) is 4.04. The van der Waals surface area contributed by atoms with Crippen molar-refractivity contribution < 1.29 is 9.53 Å². The molecule has 0 aliphatic carbocycles. The molecular weight excluding hydrogens is 396 g/mol. The summed E-state index contributed by atoms with van der Waals surface area (Å²) < 4.78 is 6.94. The Morgan fingerprint density at radius 2 is 1.90 bits per heavy atom. The Kier molecular flexibility index (Phi) is 5.55. The van der Waals surface area contributed by atoms with E-state index in [-0.39, 0.29) is 24.1 Å². The SMILES string of the molecule is COC(=O)c1ccc(-n2cccc2[C@@H]2[C@@H](c3ccccn3)NC(=S)N2C(C)C)cc1. The molecule has 2 aromatic heterocycles. The number of rotatable bonds is 5. The summed E-state index contributed by atoms with van der Waals surface area (Å²) >= 11 is 5.69. The summed E-state index contributed by atoms with van der Waals surface area (Å²) in [5.41, 5.74) is 3.53. The fourth-order valence-electron chi connectivity index (χ4n) is 3.98. The number of esters is 1. The number of benzene rings is 1. The highest BCUT2D eigenvalue weighted by atomic mass is 32.1. The van der Waals surface area contributed by atoms with E-state index < -0.39 is 0 Å². The van der Waals surface area contributed by atoms with E-state index in [4.69, 9.17) is 17.0 Å². The highest BCUT2D eigenvalue weighted by molar-refractivity contribution is 7.80. The predicted molar refractivity (Wildman–Crippen MR) is 120 cm³/mol.